The van der Waals surface area contributed by atoms with Crippen LogP contribution in [0.15, 0.2) is 18.2 Å². The normalized spacial score (nSPS) is 10.1. The molecule has 0 fully saturated rings. The van der Waals surface area contributed by atoms with Gasteiger partial charge in [0.25, 0.3) is 0 Å². The summed E-state index contributed by atoms with van der Waals surface area (Å²) in [5, 5.41) is 8.41. The lowest BCUT2D eigenvalue weighted by Crippen LogP contribution is -2.02. The van der Waals surface area contributed by atoms with Crippen molar-refractivity contribution in [3.05, 3.63) is 35.1 Å². The molecule has 1 aromatic carbocycles. The Kier molecular flexibility index (Phi) is 4.17. The first-order valence-electron chi connectivity index (χ1n) is 5.01. The number of carboxylic acid groups (broad SMARTS) is 1. The fraction of sp³-hybridized carbons (Fsp3) is 0.333. The third-order valence-corrected chi connectivity index (χ3v) is 2.16. The zero-order chi connectivity index (χ0) is 12.1. The van der Waals surface area contributed by atoms with Crippen LogP contribution in [0.3, 0.4) is 0 Å². The van der Waals surface area contributed by atoms with Gasteiger partial charge in [0.1, 0.15) is 5.82 Å². The summed E-state index contributed by atoms with van der Waals surface area (Å²) in [7, 11) is 0. The van der Waals surface area contributed by atoms with Gasteiger partial charge in [-0.25, -0.2) is 4.39 Å². The first kappa shape index (κ1) is 12.4. The largest absolute Gasteiger partial charge is 0.481 e. The van der Waals surface area contributed by atoms with Crippen molar-refractivity contribution in [3.63, 3.8) is 0 Å². The van der Waals surface area contributed by atoms with Gasteiger partial charge < -0.3 is 5.11 Å². The summed E-state index contributed by atoms with van der Waals surface area (Å²) in [6, 6.07) is 4.12. The van der Waals surface area contributed by atoms with E-state index >= 15 is 0 Å². The molecule has 0 saturated heterocycles. The third-order valence-electron chi connectivity index (χ3n) is 2.16. The molecule has 0 unspecified atom stereocenters. The minimum Gasteiger partial charge on any atom is -0.481 e. The van der Waals surface area contributed by atoms with E-state index in [0.717, 1.165) is 0 Å². The number of carbonyl (C=O) groups is 2. The highest BCUT2D eigenvalue weighted by atomic mass is 19.1. The van der Waals surface area contributed by atoms with Gasteiger partial charge in [-0.15, -0.1) is 0 Å². The molecule has 0 aliphatic heterocycles. The zero-order valence-electron chi connectivity index (χ0n) is 9.00. The van der Waals surface area contributed by atoms with Crippen molar-refractivity contribution in [2.45, 2.75) is 26.2 Å². The Hall–Kier alpha value is -1.71. The molecule has 1 aromatic rings. The van der Waals surface area contributed by atoms with E-state index in [0.29, 0.717) is 11.1 Å². The lowest BCUT2D eigenvalue weighted by molar-refractivity contribution is -0.137. The number of halogens is 1. The van der Waals surface area contributed by atoms with Gasteiger partial charge in [0.2, 0.25) is 0 Å². The minimum absolute atomic E-state index is 0.0416. The van der Waals surface area contributed by atoms with E-state index in [1.54, 1.807) is 13.0 Å². The highest BCUT2D eigenvalue weighted by Crippen LogP contribution is 2.12. The molecule has 16 heavy (non-hydrogen) atoms. The molecule has 0 radical (unpaired) electrons. The number of hydrogen-bond acceptors (Lipinski definition) is 2. The van der Waals surface area contributed by atoms with Crippen molar-refractivity contribution in [2.75, 3.05) is 0 Å². The van der Waals surface area contributed by atoms with Crippen molar-refractivity contribution in [3.8, 4) is 0 Å². The second kappa shape index (κ2) is 5.39. The lowest BCUT2D eigenvalue weighted by Gasteiger charge is -2.02. The first-order valence-corrected chi connectivity index (χ1v) is 5.01. The van der Waals surface area contributed by atoms with Gasteiger partial charge >= 0.3 is 5.97 Å². The monoisotopic (exact) mass is 224 g/mol. The second-order valence-electron chi connectivity index (χ2n) is 3.69. The molecule has 0 heterocycles. The number of Topliss-reactive ketones (excluding diaryl/α,β-unsaturated/α-hetero) is 1. The topological polar surface area (TPSA) is 54.4 Å². The van der Waals surface area contributed by atoms with Crippen LogP contribution in [0.2, 0.25) is 0 Å². The average molecular weight is 224 g/mol. The van der Waals surface area contributed by atoms with Crippen LogP contribution in [-0.4, -0.2) is 16.9 Å². The summed E-state index contributed by atoms with van der Waals surface area (Å²) in [6.07, 6.45) is 0.374. The van der Waals surface area contributed by atoms with Gasteiger partial charge in [0, 0.05) is 18.4 Å². The molecule has 0 atom stereocenters. The maximum Gasteiger partial charge on any atom is 0.303 e. The van der Waals surface area contributed by atoms with Gasteiger partial charge in [-0.3, -0.25) is 9.59 Å². The molecular weight excluding hydrogens is 211 g/mol. The van der Waals surface area contributed by atoms with E-state index in [2.05, 4.69) is 0 Å². The maximum absolute atomic E-state index is 13.0. The molecule has 1 rings (SSSR count). The summed E-state index contributed by atoms with van der Waals surface area (Å²) in [5.74, 6) is -1.59. The molecule has 1 N–H and O–H groups in total. The molecule has 0 spiro atoms. The molecule has 0 aromatic heterocycles. The van der Waals surface area contributed by atoms with E-state index in [9.17, 15) is 14.0 Å². The van der Waals surface area contributed by atoms with E-state index in [4.69, 9.17) is 5.11 Å². The maximum atomic E-state index is 13.0. The Bertz CT molecular complexity index is 392. The highest BCUT2D eigenvalue weighted by Gasteiger charge is 2.08. The van der Waals surface area contributed by atoms with Gasteiger partial charge in [-0.1, -0.05) is 0 Å². The van der Waals surface area contributed by atoms with E-state index < -0.39 is 11.8 Å². The summed E-state index contributed by atoms with van der Waals surface area (Å²) in [6.45, 7) is 1.71. The Morgan fingerprint density at radius 2 is 1.94 bits per heavy atom. The van der Waals surface area contributed by atoms with Crippen molar-refractivity contribution in [1.29, 1.82) is 0 Å². The Morgan fingerprint density at radius 3 is 2.50 bits per heavy atom. The molecule has 4 heteroatoms. The van der Waals surface area contributed by atoms with Crippen LogP contribution >= 0.6 is 0 Å². The number of carbonyl (C=O) groups excluding carboxylic acids is 1. The van der Waals surface area contributed by atoms with Crippen LogP contribution in [-0.2, 0) is 4.79 Å². The fourth-order valence-electron chi connectivity index (χ4n) is 1.44. The minimum atomic E-state index is -0.928. The lowest BCUT2D eigenvalue weighted by atomic mass is 10.0. The number of benzene rings is 1. The third kappa shape index (κ3) is 3.81. The Balaban J connectivity index is 2.62. The van der Waals surface area contributed by atoms with Crippen molar-refractivity contribution in [1.82, 2.24) is 0 Å². The fourth-order valence-corrected chi connectivity index (χ4v) is 1.44. The van der Waals surface area contributed by atoms with Gasteiger partial charge in [0.05, 0.1) is 0 Å². The molecule has 0 amide bonds. The van der Waals surface area contributed by atoms with Crippen LogP contribution in [0.1, 0.15) is 35.2 Å². The number of hydrogen-bond donors (Lipinski definition) is 1. The number of rotatable bonds is 5. The van der Waals surface area contributed by atoms with Gasteiger partial charge in [-0.05, 0) is 37.1 Å². The quantitative estimate of drug-likeness (QED) is 0.782. The predicted molar refractivity (Wildman–Crippen MR) is 57.0 cm³/mol. The first-order chi connectivity index (χ1) is 7.49. The summed E-state index contributed by atoms with van der Waals surface area (Å²) in [5.41, 5.74) is 0.990. The van der Waals surface area contributed by atoms with Crippen molar-refractivity contribution >= 4 is 11.8 Å². The molecule has 0 aliphatic rings. The molecular formula is C12H13FO3. The molecule has 0 saturated carbocycles. The van der Waals surface area contributed by atoms with Crippen LogP contribution in [0.5, 0.6) is 0 Å². The number of ketones is 1. The predicted octanol–water partition coefficient (Wildman–Crippen LogP) is 2.57. The molecule has 0 aliphatic carbocycles. The number of aliphatic carboxylic acids is 1. The Morgan fingerprint density at radius 1 is 1.25 bits per heavy atom. The molecule has 86 valence electrons. The zero-order valence-corrected chi connectivity index (χ0v) is 9.00. The average Bonchev–Trinajstić information content (AvgIpc) is 2.15. The standard InChI is InChI=1S/C12H13FO3/c1-8-5-9(7-10(13)6-8)11(14)3-2-4-12(15)16/h5-7H,2-4H2,1H3,(H,15,16). The van der Waals surface area contributed by atoms with Crippen molar-refractivity contribution < 1.29 is 19.1 Å². The molecule has 0 bridgehead atoms. The van der Waals surface area contributed by atoms with E-state index in [-0.39, 0.29) is 25.0 Å². The van der Waals surface area contributed by atoms with Gasteiger partial charge in [0.15, 0.2) is 5.78 Å². The summed E-state index contributed by atoms with van der Waals surface area (Å²) >= 11 is 0. The highest BCUT2D eigenvalue weighted by molar-refractivity contribution is 5.96. The van der Waals surface area contributed by atoms with Crippen LogP contribution in [0.4, 0.5) is 4.39 Å². The van der Waals surface area contributed by atoms with Crippen LogP contribution < -0.4 is 0 Å². The second-order valence-corrected chi connectivity index (χ2v) is 3.69. The SMILES string of the molecule is Cc1cc(F)cc(C(=O)CCCC(=O)O)c1. The van der Waals surface area contributed by atoms with Crippen LogP contribution in [0.25, 0.3) is 0 Å². The van der Waals surface area contributed by atoms with Gasteiger partial charge in [-0.2, -0.15) is 0 Å². The Labute approximate surface area is 92.9 Å². The van der Waals surface area contributed by atoms with Crippen LogP contribution in [0, 0.1) is 12.7 Å². The smallest absolute Gasteiger partial charge is 0.303 e. The number of carboxylic acids is 1. The summed E-state index contributed by atoms with van der Waals surface area (Å²) in [4.78, 5) is 21.8. The van der Waals surface area contributed by atoms with E-state index in [1.165, 1.54) is 12.1 Å². The van der Waals surface area contributed by atoms with Crippen molar-refractivity contribution in [2.24, 2.45) is 0 Å². The molecule has 3 nitrogen and oxygen atoms in total. The van der Waals surface area contributed by atoms with E-state index in [1.807, 2.05) is 0 Å². The number of aryl methyl sites for hydroxylation is 1. The summed E-state index contributed by atoms with van der Waals surface area (Å²) < 4.78 is 13.0.